The molecule has 0 amide bonds. The van der Waals surface area contributed by atoms with Gasteiger partial charge in [0, 0.05) is 0 Å². The number of hydrogen-bond acceptors (Lipinski definition) is 2. The van der Waals surface area contributed by atoms with Crippen molar-refractivity contribution in [2.24, 2.45) is 0 Å². The van der Waals surface area contributed by atoms with Crippen molar-refractivity contribution in [1.29, 1.82) is 0 Å². The first kappa shape index (κ1) is 11.2. The van der Waals surface area contributed by atoms with Gasteiger partial charge in [0.05, 0.1) is 0 Å². The predicted molar refractivity (Wildman–Crippen MR) is 58.7 cm³/mol. The number of hydrogen-bond donors (Lipinski definition) is 0. The molecule has 2 rings (SSSR count). The zero-order valence-corrected chi connectivity index (χ0v) is 11.2. The van der Waals surface area contributed by atoms with Gasteiger partial charge in [0.1, 0.15) is 0 Å². The SMILES string of the molecule is CC[I-]c1ccc(N2CCOCC2)cc1. The van der Waals surface area contributed by atoms with Gasteiger partial charge < -0.3 is 0 Å². The first-order chi connectivity index (χ1) is 7.40. The number of alkyl halides is 1. The van der Waals surface area contributed by atoms with Gasteiger partial charge in [-0.25, -0.2) is 0 Å². The van der Waals surface area contributed by atoms with Gasteiger partial charge in [0.15, 0.2) is 0 Å². The second-order valence-corrected chi connectivity index (χ2v) is 7.01. The Hall–Kier alpha value is -0.290. The molecule has 0 aromatic heterocycles. The standard InChI is InChI=1S/C12H17INO/c1-2-13-11-3-5-12(6-4-11)14-7-9-15-10-8-14/h3-6H,2,7-10H2,1H3/q-1. The molecule has 0 saturated carbocycles. The van der Waals surface area contributed by atoms with E-state index in [4.69, 9.17) is 4.74 Å². The molecule has 2 nitrogen and oxygen atoms in total. The number of morpholine rings is 1. The molecule has 0 bridgehead atoms. The summed E-state index contributed by atoms with van der Waals surface area (Å²) in [4.78, 5) is 2.40. The van der Waals surface area contributed by atoms with Crippen LogP contribution >= 0.6 is 0 Å². The van der Waals surface area contributed by atoms with E-state index in [9.17, 15) is 0 Å². The molecule has 3 heteroatoms. The van der Waals surface area contributed by atoms with E-state index < -0.39 is 0 Å². The van der Waals surface area contributed by atoms with Crippen LogP contribution in [0.4, 0.5) is 5.69 Å². The minimum absolute atomic E-state index is 0.255. The Kier molecular flexibility index (Phi) is 4.26. The van der Waals surface area contributed by atoms with Crippen molar-refractivity contribution in [3.63, 3.8) is 0 Å². The van der Waals surface area contributed by atoms with E-state index in [-0.39, 0.29) is 21.2 Å². The molecule has 1 aliphatic heterocycles. The van der Waals surface area contributed by atoms with Crippen LogP contribution in [0, 0.1) is 3.57 Å². The van der Waals surface area contributed by atoms with Gasteiger partial charge in [-0.05, 0) is 0 Å². The van der Waals surface area contributed by atoms with Crippen LogP contribution in [0.1, 0.15) is 6.92 Å². The quantitative estimate of drug-likeness (QED) is 0.513. The van der Waals surface area contributed by atoms with Gasteiger partial charge in [-0.2, -0.15) is 0 Å². The number of nitrogens with zero attached hydrogens (tertiary/aromatic N) is 1. The molecule has 1 aromatic rings. The Labute approximate surface area is 102 Å². The molecule has 0 aliphatic carbocycles. The Balaban J connectivity index is 2.02. The van der Waals surface area contributed by atoms with Crippen LogP contribution in [-0.2, 0) is 4.74 Å². The number of anilines is 1. The third-order valence-corrected chi connectivity index (χ3v) is 4.85. The molecule has 0 atom stereocenters. The van der Waals surface area contributed by atoms with Crippen molar-refractivity contribution < 1.29 is 25.9 Å². The van der Waals surface area contributed by atoms with E-state index in [2.05, 4.69) is 36.1 Å². The van der Waals surface area contributed by atoms with Crippen molar-refractivity contribution in [3.8, 4) is 0 Å². The van der Waals surface area contributed by atoms with E-state index in [0.717, 1.165) is 26.3 Å². The Morgan fingerprint density at radius 1 is 1.20 bits per heavy atom. The fourth-order valence-corrected chi connectivity index (χ4v) is 3.47. The van der Waals surface area contributed by atoms with E-state index in [1.165, 1.54) is 10.1 Å². The molecule has 0 spiro atoms. The molecule has 1 aliphatic rings. The molecular formula is C12H17INO-. The maximum absolute atomic E-state index is 5.35. The van der Waals surface area contributed by atoms with Crippen LogP contribution in [0.25, 0.3) is 0 Å². The molecule has 0 N–H and O–H groups in total. The normalized spacial score (nSPS) is 17.0. The van der Waals surface area contributed by atoms with Gasteiger partial charge in [-0.15, -0.1) is 0 Å². The zero-order valence-electron chi connectivity index (χ0n) is 9.08. The molecule has 1 heterocycles. The van der Waals surface area contributed by atoms with E-state index >= 15 is 0 Å². The molecule has 1 saturated heterocycles. The van der Waals surface area contributed by atoms with Crippen molar-refractivity contribution >= 4 is 5.69 Å². The number of rotatable bonds is 3. The zero-order chi connectivity index (χ0) is 10.5. The maximum atomic E-state index is 5.35. The van der Waals surface area contributed by atoms with Crippen LogP contribution < -0.4 is 26.1 Å². The monoisotopic (exact) mass is 318 g/mol. The van der Waals surface area contributed by atoms with Gasteiger partial charge in [-0.1, -0.05) is 0 Å². The molecule has 1 aromatic carbocycles. The summed E-state index contributed by atoms with van der Waals surface area (Å²) >= 11 is 0.255. The van der Waals surface area contributed by atoms with Gasteiger partial charge in [0.25, 0.3) is 0 Å². The number of halogens is 1. The topological polar surface area (TPSA) is 12.5 Å². The van der Waals surface area contributed by atoms with Crippen molar-refractivity contribution in [2.45, 2.75) is 6.92 Å². The number of benzene rings is 1. The van der Waals surface area contributed by atoms with Crippen LogP contribution in [0.3, 0.4) is 0 Å². The second kappa shape index (κ2) is 5.70. The molecular weight excluding hydrogens is 301 g/mol. The minimum atomic E-state index is 0.255. The van der Waals surface area contributed by atoms with E-state index in [0.29, 0.717) is 0 Å². The summed E-state index contributed by atoms with van der Waals surface area (Å²) in [6.07, 6.45) is 0. The molecule has 1 fully saturated rings. The summed E-state index contributed by atoms with van der Waals surface area (Å²) in [5, 5.41) is 0. The molecule has 15 heavy (non-hydrogen) atoms. The van der Waals surface area contributed by atoms with Gasteiger partial charge >= 0.3 is 102 Å². The Morgan fingerprint density at radius 2 is 1.87 bits per heavy atom. The summed E-state index contributed by atoms with van der Waals surface area (Å²) < 4.78 is 8.23. The third-order valence-electron chi connectivity index (χ3n) is 2.49. The molecule has 84 valence electrons. The Bertz CT molecular complexity index is 293. The van der Waals surface area contributed by atoms with Gasteiger partial charge in [0.2, 0.25) is 0 Å². The summed E-state index contributed by atoms with van der Waals surface area (Å²) in [6, 6.07) is 9.11. The van der Waals surface area contributed by atoms with E-state index in [1.54, 1.807) is 3.57 Å². The average molecular weight is 318 g/mol. The van der Waals surface area contributed by atoms with Crippen LogP contribution in [0.15, 0.2) is 24.3 Å². The Morgan fingerprint density at radius 3 is 2.47 bits per heavy atom. The average Bonchev–Trinajstić information content (AvgIpc) is 2.32. The summed E-state index contributed by atoms with van der Waals surface area (Å²) in [5.41, 5.74) is 1.35. The van der Waals surface area contributed by atoms with Crippen molar-refractivity contribution in [3.05, 3.63) is 27.8 Å². The first-order valence-corrected chi connectivity index (χ1v) is 8.02. The van der Waals surface area contributed by atoms with Crippen molar-refractivity contribution in [2.75, 3.05) is 35.6 Å². The third kappa shape index (κ3) is 3.08. The van der Waals surface area contributed by atoms with Crippen LogP contribution in [0.2, 0.25) is 0 Å². The molecule has 0 unspecified atom stereocenters. The van der Waals surface area contributed by atoms with Crippen LogP contribution in [0.5, 0.6) is 0 Å². The molecule has 0 radical (unpaired) electrons. The summed E-state index contributed by atoms with van der Waals surface area (Å²) in [6.45, 7) is 6.06. The summed E-state index contributed by atoms with van der Waals surface area (Å²) in [5.74, 6) is 0. The van der Waals surface area contributed by atoms with Crippen LogP contribution in [-0.4, -0.2) is 30.7 Å². The summed E-state index contributed by atoms with van der Waals surface area (Å²) in [7, 11) is 0. The fraction of sp³-hybridized carbons (Fsp3) is 0.500. The van der Waals surface area contributed by atoms with Crippen molar-refractivity contribution in [1.82, 2.24) is 0 Å². The second-order valence-electron chi connectivity index (χ2n) is 3.48. The number of ether oxygens (including phenoxy) is 1. The fourth-order valence-electron chi connectivity index (χ4n) is 1.72. The van der Waals surface area contributed by atoms with Gasteiger partial charge in [-0.3, -0.25) is 0 Å². The predicted octanol–water partition coefficient (Wildman–Crippen LogP) is -1.20. The first-order valence-electron chi connectivity index (χ1n) is 5.42. The van der Waals surface area contributed by atoms with E-state index in [1.807, 2.05) is 0 Å².